The minimum absolute atomic E-state index is 0.209. The van der Waals surface area contributed by atoms with Gasteiger partial charge in [0.2, 0.25) is 0 Å². The van der Waals surface area contributed by atoms with Crippen LogP contribution < -0.4 is 10.3 Å². The van der Waals surface area contributed by atoms with Gasteiger partial charge in [-0.15, -0.1) is 0 Å². The number of ether oxygens (including phenoxy) is 1. The fourth-order valence-electron chi connectivity index (χ4n) is 2.86. The quantitative estimate of drug-likeness (QED) is 0.549. The number of esters is 1. The van der Waals surface area contributed by atoms with Crippen LogP contribution in [0.2, 0.25) is 0 Å². The molecule has 0 aliphatic carbocycles. The fraction of sp³-hybridized carbons (Fsp3) is 0.0588. The van der Waals surface area contributed by atoms with E-state index in [4.69, 9.17) is 4.74 Å². The van der Waals surface area contributed by atoms with Crippen molar-refractivity contribution in [1.82, 2.24) is 9.38 Å². The first-order valence-electron chi connectivity index (χ1n) is 6.89. The number of aromatic amines is 1. The second-order valence-corrected chi connectivity index (χ2v) is 5.10. The van der Waals surface area contributed by atoms with E-state index in [1.54, 1.807) is 6.07 Å². The van der Waals surface area contributed by atoms with Crippen molar-refractivity contribution in [2.24, 2.45) is 0 Å². The third-order valence-corrected chi connectivity index (χ3v) is 3.70. The Morgan fingerprint density at radius 3 is 2.27 bits per heavy atom. The summed E-state index contributed by atoms with van der Waals surface area (Å²) < 4.78 is 7.26. The molecule has 2 heterocycles. The minimum Gasteiger partial charge on any atom is -0.422 e. The van der Waals surface area contributed by atoms with Crippen molar-refractivity contribution in [3.05, 3.63) is 58.9 Å². The highest BCUT2D eigenvalue weighted by molar-refractivity contribution is 6.00. The van der Waals surface area contributed by atoms with Crippen LogP contribution in [0.15, 0.2) is 53.3 Å². The second kappa shape index (κ2) is 4.46. The van der Waals surface area contributed by atoms with Gasteiger partial charge in [0.1, 0.15) is 0 Å². The molecule has 4 rings (SSSR count). The summed E-state index contributed by atoms with van der Waals surface area (Å²) in [5.74, 6) is -0.0433. The maximum absolute atomic E-state index is 12.3. The van der Waals surface area contributed by atoms with Crippen molar-refractivity contribution in [2.45, 2.75) is 6.92 Å². The zero-order chi connectivity index (χ0) is 15.3. The van der Waals surface area contributed by atoms with Crippen LogP contribution >= 0.6 is 0 Å². The van der Waals surface area contributed by atoms with E-state index in [1.165, 1.54) is 6.92 Å². The van der Waals surface area contributed by atoms with Gasteiger partial charge in [0.25, 0.3) is 5.56 Å². The lowest BCUT2D eigenvalue weighted by molar-refractivity contribution is -0.131. The van der Waals surface area contributed by atoms with Crippen LogP contribution in [0, 0.1) is 0 Å². The molecule has 1 N–H and O–H groups in total. The topological polar surface area (TPSA) is 63.6 Å². The van der Waals surface area contributed by atoms with Gasteiger partial charge >= 0.3 is 5.97 Å². The molecule has 4 aromatic rings. The van der Waals surface area contributed by atoms with Crippen LogP contribution in [-0.2, 0) is 4.79 Å². The molecule has 0 spiro atoms. The first-order chi connectivity index (χ1) is 10.7. The zero-order valence-corrected chi connectivity index (χ0v) is 11.8. The number of H-pyrrole nitrogens is 1. The lowest BCUT2D eigenvalue weighted by Crippen LogP contribution is -2.10. The number of nitrogens with one attached hydrogen (secondary N) is 1. The van der Waals surface area contributed by atoms with Crippen molar-refractivity contribution in [2.75, 3.05) is 0 Å². The lowest BCUT2D eigenvalue weighted by Gasteiger charge is -2.04. The third kappa shape index (κ3) is 1.65. The van der Waals surface area contributed by atoms with Crippen molar-refractivity contribution in [3.63, 3.8) is 0 Å². The van der Waals surface area contributed by atoms with Crippen molar-refractivity contribution >= 4 is 33.4 Å². The molecule has 5 nitrogen and oxygen atoms in total. The van der Waals surface area contributed by atoms with Gasteiger partial charge in [0, 0.05) is 12.3 Å². The maximum Gasteiger partial charge on any atom is 0.308 e. The standard InChI is InChI=1S/C17H12N2O3/c1-10(20)22-15-11-6-2-4-8-13(11)19-14-9-5-3-7-12(14)17(21)18-16(15)19/h2-9H,1H3,(H,18,21). The molecule has 0 radical (unpaired) electrons. The van der Waals surface area contributed by atoms with Gasteiger partial charge in [-0.1, -0.05) is 24.3 Å². The van der Waals surface area contributed by atoms with Crippen molar-refractivity contribution in [1.29, 1.82) is 0 Å². The Balaban J connectivity index is 2.32. The predicted octanol–water partition coefficient (Wildman–Crippen LogP) is 2.86. The first-order valence-corrected chi connectivity index (χ1v) is 6.89. The highest BCUT2D eigenvalue weighted by atomic mass is 16.5. The molecule has 22 heavy (non-hydrogen) atoms. The summed E-state index contributed by atoms with van der Waals surface area (Å²) in [5.41, 5.74) is 1.93. The SMILES string of the molecule is CC(=O)Oc1c2ccccc2n2c1[nH]c(=O)c1ccccc12. The van der Waals surface area contributed by atoms with E-state index in [-0.39, 0.29) is 5.56 Å². The maximum atomic E-state index is 12.3. The summed E-state index contributed by atoms with van der Waals surface area (Å²) in [4.78, 5) is 26.5. The Bertz CT molecular complexity index is 1110. The van der Waals surface area contributed by atoms with Gasteiger partial charge in [-0.05, 0) is 24.3 Å². The second-order valence-electron chi connectivity index (χ2n) is 5.10. The van der Waals surface area contributed by atoms with Gasteiger partial charge in [0.05, 0.1) is 16.4 Å². The van der Waals surface area contributed by atoms with Crippen LogP contribution in [-0.4, -0.2) is 15.4 Å². The fourth-order valence-corrected chi connectivity index (χ4v) is 2.86. The third-order valence-electron chi connectivity index (χ3n) is 3.70. The Morgan fingerprint density at radius 2 is 1.59 bits per heavy atom. The Morgan fingerprint density at radius 1 is 1.00 bits per heavy atom. The van der Waals surface area contributed by atoms with Gasteiger partial charge in [-0.25, -0.2) is 0 Å². The molecule has 108 valence electrons. The van der Waals surface area contributed by atoms with E-state index >= 15 is 0 Å². The summed E-state index contributed by atoms with van der Waals surface area (Å²) in [7, 11) is 0. The first kappa shape index (κ1) is 12.6. The van der Waals surface area contributed by atoms with Crippen LogP contribution in [0.1, 0.15) is 6.92 Å². The summed E-state index contributed by atoms with van der Waals surface area (Å²) >= 11 is 0. The molecular formula is C17H12N2O3. The van der Waals surface area contributed by atoms with Crippen LogP contribution in [0.4, 0.5) is 0 Å². The Hall–Kier alpha value is -3.08. The summed E-state index contributed by atoms with van der Waals surface area (Å²) in [6, 6.07) is 14.9. The molecule has 0 bridgehead atoms. The summed E-state index contributed by atoms with van der Waals surface area (Å²) in [6.07, 6.45) is 0. The van der Waals surface area contributed by atoms with Crippen LogP contribution in [0.5, 0.6) is 5.75 Å². The largest absolute Gasteiger partial charge is 0.422 e. The number of hydrogen-bond donors (Lipinski definition) is 1. The van der Waals surface area contributed by atoms with E-state index in [0.717, 1.165) is 16.4 Å². The molecule has 0 atom stereocenters. The van der Waals surface area contributed by atoms with Gasteiger partial charge in [0.15, 0.2) is 11.4 Å². The molecular weight excluding hydrogens is 280 g/mol. The molecule has 0 saturated heterocycles. The lowest BCUT2D eigenvalue weighted by atomic mass is 10.2. The number of hydrogen-bond acceptors (Lipinski definition) is 3. The number of carbonyl (C=O) groups excluding carboxylic acids is 1. The molecule has 0 unspecified atom stereocenters. The average Bonchev–Trinajstić information content (AvgIpc) is 2.82. The number of nitrogens with zero attached hydrogens (tertiary/aromatic N) is 1. The highest BCUT2D eigenvalue weighted by Gasteiger charge is 2.17. The number of para-hydroxylation sites is 2. The summed E-state index contributed by atoms with van der Waals surface area (Å²) in [5, 5.41) is 1.37. The molecule has 2 aromatic heterocycles. The number of fused-ring (bicyclic) bond motifs is 5. The zero-order valence-electron chi connectivity index (χ0n) is 11.8. The smallest absolute Gasteiger partial charge is 0.308 e. The minimum atomic E-state index is -0.424. The molecule has 0 aliphatic rings. The van der Waals surface area contributed by atoms with Crippen molar-refractivity contribution in [3.8, 4) is 5.75 Å². The van der Waals surface area contributed by atoms with E-state index in [2.05, 4.69) is 4.98 Å². The molecule has 0 aliphatic heterocycles. The molecule has 0 fully saturated rings. The number of benzene rings is 2. The van der Waals surface area contributed by atoms with E-state index in [9.17, 15) is 9.59 Å². The van der Waals surface area contributed by atoms with Crippen LogP contribution in [0.25, 0.3) is 27.5 Å². The van der Waals surface area contributed by atoms with Gasteiger partial charge < -0.3 is 9.72 Å². The van der Waals surface area contributed by atoms with E-state index in [1.807, 2.05) is 46.9 Å². The molecule has 2 aromatic carbocycles. The molecule has 0 saturated carbocycles. The molecule has 0 amide bonds. The summed E-state index contributed by atoms with van der Waals surface area (Å²) in [6.45, 7) is 1.34. The molecule has 5 heteroatoms. The number of carbonyl (C=O) groups is 1. The highest BCUT2D eigenvalue weighted by Crippen LogP contribution is 2.34. The van der Waals surface area contributed by atoms with Crippen LogP contribution in [0.3, 0.4) is 0 Å². The van der Waals surface area contributed by atoms with Crippen molar-refractivity contribution < 1.29 is 9.53 Å². The normalized spacial score (nSPS) is 11.3. The average molecular weight is 292 g/mol. The Kier molecular flexibility index (Phi) is 2.56. The Labute approximate surface area is 124 Å². The van der Waals surface area contributed by atoms with E-state index < -0.39 is 5.97 Å². The monoisotopic (exact) mass is 292 g/mol. The number of rotatable bonds is 1. The van der Waals surface area contributed by atoms with Gasteiger partial charge in [-0.3, -0.25) is 14.0 Å². The predicted molar refractivity (Wildman–Crippen MR) is 84.3 cm³/mol. The van der Waals surface area contributed by atoms with Gasteiger partial charge in [-0.2, -0.15) is 0 Å². The number of aromatic nitrogens is 2. The van der Waals surface area contributed by atoms with E-state index in [0.29, 0.717) is 16.8 Å².